The number of carbonyl (C=O) groups is 1. The van der Waals surface area contributed by atoms with E-state index in [2.05, 4.69) is 4.98 Å². The number of benzene rings is 2. The zero-order valence-corrected chi connectivity index (χ0v) is 17.9. The van der Waals surface area contributed by atoms with Gasteiger partial charge in [-0.05, 0) is 6.07 Å². The minimum atomic E-state index is -0.540. The predicted octanol–water partition coefficient (Wildman–Crippen LogP) is 2.53. The Morgan fingerprint density at radius 1 is 0.781 bits per heavy atom. The fraction of sp³-hybridized carbons (Fsp3) is 0.167. The molecule has 0 fully saturated rings. The number of ether oxygens (including phenoxy) is 2. The molecule has 0 saturated heterocycles. The average Bonchev–Trinajstić information content (AvgIpc) is 3.11. The van der Waals surface area contributed by atoms with Crippen LogP contribution in [-0.4, -0.2) is 34.1 Å². The first-order valence-electron chi connectivity index (χ1n) is 9.89. The number of fused-ring (bicyclic) bond motifs is 4. The van der Waals surface area contributed by atoms with Gasteiger partial charge in [-0.2, -0.15) is 0 Å². The summed E-state index contributed by atoms with van der Waals surface area (Å²) in [5.74, 6) is 0.596. The van der Waals surface area contributed by atoms with Crippen molar-refractivity contribution in [2.45, 2.75) is 0 Å². The van der Waals surface area contributed by atoms with Crippen molar-refractivity contribution in [2.75, 3.05) is 14.2 Å². The van der Waals surface area contributed by atoms with Gasteiger partial charge in [0.05, 0.1) is 30.9 Å². The van der Waals surface area contributed by atoms with Crippen LogP contribution in [0.5, 0.6) is 11.5 Å². The number of pyridine rings is 1. The minimum Gasteiger partial charge on any atom is -0.493 e. The van der Waals surface area contributed by atoms with Gasteiger partial charge >= 0.3 is 5.69 Å². The summed E-state index contributed by atoms with van der Waals surface area (Å²) in [6.45, 7) is 0. The van der Waals surface area contributed by atoms with Crippen LogP contribution >= 0.6 is 0 Å². The number of carbonyl (C=O) groups excluding carboxylic acids is 1. The van der Waals surface area contributed by atoms with Crippen molar-refractivity contribution in [2.24, 2.45) is 14.1 Å². The molecule has 32 heavy (non-hydrogen) atoms. The lowest BCUT2D eigenvalue weighted by atomic mass is 9.94. The summed E-state index contributed by atoms with van der Waals surface area (Å²) >= 11 is 0. The van der Waals surface area contributed by atoms with Crippen molar-refractivity contribution in [3.8, 4) is 33.9 Å². The van der Waals surface area contributed by atoms with Crippen molar-refractivity contribution < 1.29 is 14.3 Å². The van der Waals surface area contributed by atoms with Crippen molar-refractivity contribution in [3.63, 3.8) is 0 Å². The van der Waals surface area contributed by atoms with Gasteiger partial charge in [0.15, 0.2) is 22.9 Å². The third-order valence-electron chi connectivity index (χ3n) is 5.91. The number of aryl methyl sites for hydroxylation is 1. The highest BCUT2D eigenvalue weighted by Gasteiger charge is 2.35. The summed E-state index contributed by atoms with van der Waals surface area (Å²) in [6.07, 6.45) is 0. The molecular weight excluding hydrogens is 410 g/mol. The quantitative estimate of drug-likeness (QED) is 0.438. The van der Waals surface area contributed by atoms with E-state index < -0.39 is 11.2 Å². The third-order valence-corrected chi connectivity index (χ3v) is 5.91. The molecule has 0 atom stereocenters. The van der Waals surface area contributed by atoms with Crippen molar-refractivity contribution in [3.05, 3.63) is 74.4 Å². The summed E-state index contributed by atoms with van der Waals surface area (Å²) < 4.78 is 13.4. The normalized spacial score (nSPS) is 12.1. The highest BCUT2D eigenvalue weighted by molar-refractivity contribution is 6.26. The summed E-state index contributed by atoms with van der Waals surface area (Å²) in [7, 11) is 5.97. The zero-order chi connectivity index (χ0) is 22.7. The molecular formula is C24H19N3O5. The van der Waals surface area contributed by atoms with Crippen molar-refractivity contribution in [1.29, 1.82) is 0 Å². The highest BCUT2D eigenvalue weighted by Crippen LogP contribution is 2.47. The van der Waals surface area contributed by atoms with Crippen LogP contribution in [0.2, 0.25) is 0 Å². The van der Waals surface area contributed by atoms with E-state index in [1.807, 2.05) is 12.1 Å². The summed E-state index contributed by atoms with van der Waals surface area (Å²) in [4.78, 5) is 44.2. The Morgan fingerprint density at radius 3 is 2.16 bits per heavy atom. The number of hydrogen-bond acceptors (Lipinski definition) is 6. The summed E-state index contributed by atoms with van der Waals surface area (Å²) in [5, 5.41) is 0.168. The summed E-state index contributed by atoms with van der Waals surface area (Å²) in [6, 6.07) is 12.4. The Hall–Kier alpha value is -4.20. The lowest BCUT2D eigenvalue weighted by molar-refractivity contribution is 0.104. The zero-order valence-electron chi connectivity index (χ0n) is 17.9. The standard InChI is InChI=1S/C24H19N3O5/c1-26-22-18(23(29)27(2)24(26)30)16(14-10-7-11-15(31-3)21(14)32-4)17-19(25-22)12-8-5-6-9-13(12)20(17)28/h5-11H,1-4H3. The van der Waals surface area contributed by atoms with Gasteiger partial charge in [-0.1, -0.05) is 36.4 Å². The number of rotatable bonds is 3. The maximum absolute atomic E-state index is 13.5. The lowest BCUT2D eigenvalue weighted by Gasteiger charge is -2.18. The van der Waals surface area contributed by atoms with E-state index in [0.29, 0.717) is 45.0 Å². The highest BCUT2D eigenvalue weighted by atomic mass is 16.5. The number of aromatic nitrogens is 3. The lowest BCUT2D eigenvalue weighted by Crippen LogP contribution is -2.37. The Balaban J connectivity index is 2.09. The van der Waals surface area contributed by atoms with Gasteiger partial charge in [0.2, 0.25) is 0 Å². The topological polar surface area (TPSA) is 92.4 Å². The van der Waals surface area contributed by atoms with E-state index in [1.54, 1.807) is 37.4 Å². The fourth-order valence-electron chi connectivity index (χ4n) is 4.38. The molecule has 1 aliphatic rings. The average molecular weight is 429 g/mol. The molecule has 2 aromatic carbocycles. The molecule has 8 heteroatoms. The minimum absolute atomic E-state index is 0.168. The fourth-order valence-corrected chi connectivity index (χ4v) is 4.38. The first-order chi connectivity index (χ1) is 15.4. The smallest absolute Gasteiger partial charge is 0.332 e. The SMILES string of the molecule is COc1cccc(-c2c3c(nc4c2c(=O)n(C)c(=O)n4C)-c2ccccc2C3=O)c1OC. The maximum Gasteiger partial charge on any atom is 0.332 e. The van der Waals surface area contributed by atoms with E-state index in [0.717, 1.165) is 4.57 Å². The van der Waals surface area contributed by atoms with E-state index >= 15 is 0 Å². The molecule has 0 N–H and O–H groups in total. The second kappa shape index (κ2) is 6.91. The number of hydrogen-bond donors (Lipinski definition) is 0. The van der Waals surface area contributed by atoms with E-state index in [1.165, 1.54) is 25.8 Å². The van der Waals surface area contributed by atoms with Crippen molar-refractivity contribution >= 4 is 16.8 Å². The number of ketones is 1. The van der Waals surface area contributed by atoms with Gasteiger partial charge < -0.3 is 9.47 Å². The van der Waals surface area contributed by atoms with Crippen LogP contribution in [0.3, 0.4) is 0 Å². The first-order valence-corrected chi connectivity index (χ1v) is 9.89. The second-order valence-electron chi connectivity index (χ2n) is 7.53. The Labute approximate surface area is 182 Å². The third kappa shape index (κ3) is 2.43. The Morgan fingerprint density at radius 2 is 1.47 bits per heavy atom. The molecule has 0 spiro atoms. The number of nitrogens with zero attached hydrogens (tertiary/aromatic N) is 3. The Kier molecular flexibility index (Phi) is 4.27. The van der Waals surface area contributed by atoms with Crippen LogP contribution < -0.4 is 20.7 Å². The number of para-hydroxylation sites is 1. The molecule has 0 amide bonds. The first kappa shape index (κ1) is 19.7. The van der Waals surface area contributed by atoms with Crippen LogP contribution in [0.25, 0.3) is 33.4 Å². The molecule has 4 aromatic rings. The molecule has 0 bridgehead atoms. The molecule has 8 nitrogen and oxygen atoms in total. The molecule has 0 aliphatic heterocycles. The van der Waals surface area contributed by atoms with Crippen LogP contribution in [0, 0.1) is 0 Å². The van der Waals surface area contributed by atoms with Crippen molar-refractivity contribution in [1.82, 2.24) is 14.1 Å². The second-order valence-corrected chi connectivity index (χ2v) is 7.53. The van der Waals surface area contributed by atoms with Crippen LogP contribution in [0.15, 0.2) is 52.1 Å². The molecule has 160 valence electrons. The number of methoxy groups -OCH3 is 2. The van der Waals surface area contributed by atoms with E-state index in [4.69, 9.17) is 9.47 Å². The van der Waals surface area contributed by atoms with Gasteiger partial charge in [-0.3, -0.25) is 18.7 Å². The molecule has 2 heterocycles. The van der Waals surface area contributed by atoms with Gasteiger partial charge in [-0.15, -0.1) is 0 Å². The molecule has 0 unspecified atom stereocenters. The van der Waals surface area contributed by atoms with Gasteiger partial charge in [0, 0.05) is 36.3 Å². The Bertz CT molecular complexity index is 1580. The summed E-state index contributed by atoms with van der Waals surface area (Å²) in [5.41, 5.74) is 1.92. The van der Waals surface area contributed by atoms with Gasteiger partial charge in [0.25, 0.3) is 5.56 Å². The molecule has 1 aliphatic carbocycles. The molecule has 2 aromatic heterocycles. The molecule has 0 saturated carbocycles. The largest absolute Gasteiger partial charge is 0.493 e. The monoisotopic (exact) mass is 429 g/mol. The van der Waals surface area contributed by atoms with Gasteiger partial charge in [0.1, 0.15) is 0 Å². The predicted molar refractivity (Wildman–Crippen MR) is 120 cm³/mol. The van der Waals surface area contributed by atoms with Crippen LogP contribution in [-0.2, 0) is 14.1 Å². The molecule has 5 rings (SSSR count). The maximum atomic E-state index is 13.5. The van der Waals surface area contributed by atoms with Gasteiger partial charge in [-0.25, -0.2) is 9.78 Å². The van der Waals surface area contributed by atoms with Crippen LogP contribution in [0.4, 0.5) is 0 Å². The van der Waals surface area contributed by atoms with E-state index in [9.17, 15) is 14.4 Å². The van der Waals surface area contributed by atoms with E-state index in [-0.39, 0.29) is 16.8 Å². The molecule has 0 radical (unpaired) electrons. The van der Waals surface area contributed by atoms with Crippen LogP contribution in [0.1, 0.15) is 15.9 Å².